The van der Waals surface area contributed by atoms with E-state index in [2.05, 4.69) is 17.6 Å². The molecule has 4 aromatic rings. The van der Waals surface area contributed by atoms with Gasteiger partial charge in [0, 0.05) is 29.8 Å². The van der Waals surface area contributed by atoms with Crippen molar-refractivity contribution in [2.75, 3.05) is 0 Å². The van der Waals surface area contributed by atoms with Crippen molar-refractivity contribution in [1.29, 1.82) is 0 Å². The quantitative estimate of drug-likeness (QED) is 0.401. The van der Waals surface area contributed by atoms with Crippen LogP contribution in [0.3, 0.4) is 0 Å². The number of fused-ring (bicyclic) bond motifs is 2. The fraction of sp³-hybridized carbons (Fsp3) is 0.238. The van der Waals surface area contributed by atoms with Gasteiger partial charge in [-0.1, -0.05) is 30.8 Å². The summed E-state index contributed by atoms with van der Waals surface area (Å²) >= 11 is 1.60. The first-order chi connectivity index (χ1) is 13.1. The SMILES string of the molecule is CCc1cc2c(CSc3nc4ccccc4n3CC)cc(=O)oc2cc1O. The van der Waals surface area contributed by atoms with Gasteiger partial charge in [0.1, 0.15) is 11.3 Å². The summed E-state index contributed by atoms with van der Waals surface area (Å²) in [5, 5.41) is 11.8. The minimum absolute atomic E-state index is 0.158. The van der Waals surface area contributed by atoms with Crippen LogP contribution >= 0.6 is 11.8 Å². The molecule has 0 fully saturated rings. The molecule has 0 unspecified atom stereocenters. The number of hydrogen-bond donors (Lipinski definition) is 1. The number of hydrogen-bond acceptors (Lipinski definition) is 5. The molecule has 2 heterocycles. The highest BCUT2D eigenvalue weighted by Gasteiger charge is 2.13. The Morgan fingerprint density at radius 3 is 2.74 bits per heavy atom. The molecule has 0 bridgehead atoms. The molecule has 0 spiro atoms. The smallest absolute Gasteiger partial charge is 0.336 e. The molecule has 0 amide bonds. The molecule has 5 nitrogen and oxygen atoms in total. The summed E-state index contributed by atoms with van der Waals surface area (Å²) in [4.78, 5) is 16.7. The number of aromatic hydroxyl groups is 1. The second-order valence-electron chi connectivity index (χ2n) is 6.34. The second-order valence-corrected chi connectivity index (χ2v) is 7.28. The zero-order valence-electron chi connectivity index (χ0n) is 15.2. The Morgan fingerprint density at radius 2 is 1.96 bits per heavy atom. The lowest BCUT2D eigenvalue weighted by molar-refractivity contribution is 0.466. The molecule has 0 aliphatic heterocycles. The number of benzene rings is 2. The van der Waals surface area contributed by atoms with Gasteiger partial charge in [0.05, 0.1) is 11.0 Å². The predicted octanol–water partition coefficient (Wildman–Crippen LogP) is 4.72. The molecular formula is C21H20N2O3S. The second kappa shape index (κ2) is 7.12. The van der Waals surface area contributed by atoms with Crippen molar-refractivity contribution in [3.05, 3.63) is 64.0 Å². The molecule has 0 aliphatic rings. The number of imidazole rings is 1. The van der Waals surface area contributed by atoms with E-state index in [1.807, 2.05) is 31.2 Å². The lowest BCUT2D eigenvalue weighted by Crippen LogP contribution is -2.01. The van der Waals surface area contributed by atoms with Crippen LogP contribution in [0.2, 0.25) is 0 Å². The highest BCUT2D eigenvalue weighted by atomic mass is 32.2. The van der Waals surface area contributed by atoms with E-state index in [9.17, 15) is 9.90 Å². The van der Waals surface area contributed by atoms with Crippen LogP contribution < -0.4 is 5.63 Å². The first kappa shape index (κ1) is 17.7. The Balaban J connectivity index is 1.75. The third kappa shape index (κ3) is 3.21. The fourth-order valence-corrected chi connectivity index (χ4v) is 4.39. The van der Waals surface area contributed by atoms with Gasteiger partial charge in [0.15, 0.2) is 5.16 Å². The van der Waals surface area contributed by atoms with Crippen LogP contribution in [0.4, 0.5) is 0 Å². The average molecular weight is 380 g/mol. The lowest BCUT2D eigenvalue weighted by Gasteiger charge is -2.09. The monoisotopic (exact) mass is 380 g/mol. The molecule has 0 saturated heterocycles. The van der Waals surface area contributed by atoms with Crippen LogP contribution in [0.25, 0.3) is 22.0 Å². The standard InChI is InChI=1S/C21H20N2O3S/c1-3-13-9-15-14(10-20(25)26-19(15)11-18(13)24)12-27-21-22-16-7-5-6-8-17(16)23(21)4-2/h5-11,24H,3-4,12H2,1-2H3. The van der Waals surface area contributed by atoms with Gasteiger partial charge in [0.2, 0.25) is 0 Å². The molecule has 4 rings (SSSR count). The summed E-state index contributed by atoms with van der Waals surface area (Å²) in [5.74, 6) is 0.755. The van der Waals surface area contributed by atoms with Crippen molar-refractivity contribution in [1.82, 2.24) is 9.55 Å². The summed E-state index contributed by atoms with van der Waals surface area (Å²) in [6.07, 6.45) is 0.707. The molecule has 0 radical (unpaired) electrons. The van der Waals surface area contributed by atoms with Crippen molar-refractivity contribution in [2.45, 2.75) is 37.7 Å². The Morgan fingerprint density at radius 1 is 1.15 bits per heavy atom. The van der Waals surface area contributed by atoms with Crippen molar-refractivity contribution in [3.8, 4) is 5.75 Å². The number of para-hydroxylation sites is 2. The summed E-state index contributed by atoms with van der Waals surface area (Å²) in [6, 6.07) is 13.0. The third-order valence-electron chi connectivity index (χ3n) is 4.70. The zero-order valence-corrected chi connectivity index (χ0v) is 16.0. The number of phenolic OH excluding ortho intramolecular Hbond substituents is 1. The van der Waals surface area contributed by atoms with E-state index >= 15 is 0 Å². The molecule has 2 aromatic carbocycles. The van der Waals surface area contributed by atoms with E-state index in [0.29, 0.717) is 17.8 Å². The fourth-order valence-electron chi connectivity index (χ4n) is 3.32. The average Bonchev–Trinajstić information content (AvgIpc) is 3.02. The topological polar surface area (TPSA) is 68.3 Å². The summed E-state index contributed by atoms with van der Waals surface area (Å²) < 4.78 is 7.46. The zero-order chi connectivity index (χ0) is 19.0. The molecule has 1 N–H and O–H groups in total. The number of phenols is 1. The van der Waals surface area contributed by atoms with E-state index < -0.39 is 5.63 Å². The molecule has 0 atom stereocenters. The predicted molar refractivity (Wildman–Crippen MR) is 108 cm³/mol. The highest BCUT2D eigenvalue weighted by Crippen LogP contribution is 2.31. The number of thioether (sulfide) groups is 1. The summed E-state index contributed by atoms with van der Waals surface area (Å²) in [7, 11) is 0. The van der Waals surface area contributed by atoms with Crippen LogP contribution in [-0.2, 0) is 18.7 Å². The van der Waals surface area contributed by atoms with E-state index in [1.165, 1.54) is 12.1 Å². The number of aromatic nitrogens is 2. The van der Waals surface area contributed by atoms with Crippen LogP contribution in [0.15, 0.2) is 56.8 Å². The van der Waals surface area contributed by atoms with Gasteiger partial charge in [-0.2, -0.15) is 0 Å². The Bertz CT molecular complexity index is 1190. The maximum absolute atomic E-state index is 12.0. The number of nitrogens with zero attached hydrogens (tertiary/aromatic N) is 2. The molecule has 0 saturated carbocycles. The van der Waals surface area contributed by atoms with Crippen LogP contribution in [0.5, 0.6) is 5.75 Å². The highest BCUT2D eigenvalue weighted by molar-refractivity contribution is 7.98. The molecule has 138 valence electrons. The van der Waals surface area contributed by atoms with Gasteiger partial charge in [0.25, 0.3) is 0 Å². The van der Waals surface area contributed by atoms with Gasteiger partial charge in [-0.25, -0.2) is 9.78 Å². The van der Waals surface area contributed by atoms with Gasteiger partial charge in [-0.3, -0.25) is 0 Å². The lowest BCUT2D eigenvalue weighted by atomic mass is 10.1. The van der Waals surface area contributed by atoms with E-state index in [0.717, 1.165) is 39.2 Å². The van der Waals surface area contributed by atoms with Crippen molar-refractivity contribution in [3.63, 3.8) is 0 Å². The first-order valence-electron chi connectivity index (χ1n) is 8.97. The minimum atomic E-state index is -0.411. The Hall–Kier alpha value is -2.73. The van der Waals surface area contributed by atoms with E-state index in [1.54, 1.807) is 11.8 Å². The largest absolute Gasteiger partial charge is 0.508 e. The van der Waals surface area contributed by atoms with Crippen molar-refractivity contribution < 1.29 is 9.52 Å². The molecule has 0 aliphatic carbocycles. The third-order valence-corrected chi connectivity index (χ3v) is 5.73. The summed E-state index contributed by atoms with van der Waals surface area (Å²) in [6.45, 7) is 4.91. The van der Waals surface area contributed by atoms with E-state index in [-0.39, 0.29) is 5.75 Å². The van der Waals surface area contributed by atoms with Crippen molar-refractivity contribution in [2.24, 2.45) is 0 Å². The van der Waals surface area contributed by atoms with Crippen molar-refractivity contribution >= 4 is 33.8 Å². The normalized spacial score (nSPS) is 11.5. The molecule has 2 aromatic heterocycles. The van der Waals surface area contributed by atoms with Crippen LogP contribution in [0.1, 0.15) is 25.0 Å². The van der Waals surface area contributed by atoms with Gasteiger partial charge < -0.3 is 14.1 Å². The summed E-state index contributed by atoms with van der Waals surface area (Å²) in [5.41, 5.74) is 3.80. The Kier molecular flexibility index (Phi) is 4.66. The number of aryl methyl sites for hydroxylation is 2. The molecule has 27 heavy (non-hydrogen) atoms. The first-order valence-corrected chi connectivity index (χ1v) is 9.96. The maximum Gasteiger partial charge on any atom is 0.336 e. The van der Waals surface area contributed by atoms with Gasteiger partial charge >= 0.3 is 5.63 Å². The van der Waals surface area contributed by atoms with Crippen LogP contribution in [0, 0.1) is 0 Å². The van der Waals surface area contributed by atoms with Crippen LogP contribution in [-0.4, -0.2) is 14.7 Å². The Labute approximate surface area is 160 Å². The maximum atomic E-state index is 12.0. The number of rotatable bonds is 5. The molecule has 6 heteroatoms. The minimum Gasteiger partial charge on any atom is -0.508 e. The van der Waals surface area contributed by atoms with Gasteiger partial charge in [-0.05, 0) is 42.7 Å². The van der Waals surface area contributed by atoms with E-state index in [4.69, 9.17) is 9.40 Å². The molecular weight excluding hydrogens is 360 g/mol. The van der Waals surface area contributed by atoms with Gasteiger partial charge in [-0.15, -0.1) is 0 Å².